The Morgan fingerprint density at radius 3 is 2.67 bits per heavy atom. The highest BCUT2D eigenvalue weighted by atomic mass is 35.5. The molecule has 0 atom stereocenters. The van der Waals surface area contributed by atoms with Gasteiger partial charge < -0.3 is 4.42 Å². The maximum Gasteiger partial charge on any atom is 0.270 e. The topological polar surface area (TPSA) is 76.6 Å². The number of amides is 1. The smallest absolute Gasteiger partial charge is 0.270 e. The number of carbonyl (C=O) groups is 1. The second-order valence-electron chi connectivity index (χ2n) is 6.12. The molecule has 0 unspecified atom stereocenters. The average molecular weight is 477 g/mol. The molecule has 0 N–H and O–H groups in total. The van der Waals surface area contributed by atoms with Crippen molar-refractivity contribution in [2.45, 2.75) is 0 Å². The van der Waals surface area contributed by atoms with Crippen molar-refractivity contribution in [1.29, 1.82) is 0 Å². The molecule has 10 heteroatoms. The van der Waals surface area contributed by atoms with E-state index in [1.165, 1.54) is 23.1 Å². The average Bonchev–Trinajstić information content (AvgIpc) is 3.26. The molecule has 150 valence electrons. The van der Waals surface area contributed by atoms with Gasteiger partial charge in [-0.3, -0.25) is 19.8 Å². The number of non-ortho nitro benzene ring substituents is 1. The Morgan fingerprint density at radius 2 is 1.93 bits per heavy atom. The molecule has 4 rings (SSSR count). The molecular weight excluding hydrogens is 467 g/mol. The minimum atomic E-state index is -0.509. The number of nitro groups is 1. The van der Waals surface area contributed by atoms with Crippen LogP contribution in [0.15, 0.2) is 63.9 Å². The Hall–Kier alpha value is -2.65. The molecular formula is C20H10Cl2N2O4S2. The van der Waals surface area contributed by atoms with Crippen molar-refractivity contribution in [3.63, 3.8) is 0 Å². The minimum absolute atomic E-state index is 0.102. The summed E-state index contributed by atoms with van der Waals surface area (Å²) in [6.45, 7) is 0. The van der Waals surface area contributed by atoms with Crippen LogP contribution in [0, 0.1) is 10.1 Å². The van der Waals surface area contributed by atoms with Gasteiger partial charge in [-0.2, -0.15) is 0 Å². The van der Waals surface area contributed by atoms with Crippen molar-refractivity contribution in [2.24, 2.45) is 0 Å². The molecule has 0 saturated carbocycles. The predicted molar refractivity (Wildman–Crippen MR) is 123 cm³/mol. The van der Waals surface area contributed by atoms with Crippen molar-refractivity contribution in [3.05, 3.63) is 85.4 Å². The molecule has 2 aromatic carbocycles. The lowest BCUT2D eigenvalue weighted by atomic mass is 10.1. The number of carbonyl (C=O) groups excluding carboxylic acids is 1. The molecule has 1 amide bonds. The fourth-order valence-corrected chi connectivity index (χ4v) is 4.50. The first-order valence-corrected chi connectivity index (χ1v) is 10.4. The maximum absolute atomic E-state index is 12.9. The highest BCUT2D eigenvalue weighted by Crippen LogP contribution is 2.38. The Bertz CT molecular complexity index is 1240. The van der Waals surface area contributed by atoms with Gasteiger partial charge >= 0.3 is 0 Å². The SMILES string of the molecule is O=C1C(=Cc2ccc(-c3cc([N+](=O)[O-])ccc3Cl)o2)SC(=S)N1c1cccc(Cl)c1. The first-order valence-electron chi connectivity index (χ1n) is 8.41. The number of thiocarbonyl (C=S) groups is 1. The molecule has 1 aromatic heterocycles. The first kappa shape index (κ1) is 20.6. The number of hydrogen-bond donors (Lipinski definition) is 0. The number of thioether (sulfide) groups is 1. The van der Waals surface area contributed by atoms with Gasteiger partial charge in [0.1, 0.15) is 11.5 Å². The van der Waals surface area contributed by atoms with Crippen LogP contribution < -0.4 is 4.90 Å². The molecule has 0 spiro atoms. The second-order valence-corrected chi connectivity index (χ2v) is 8.64. The summed E-state index contributed by atoms with van der Waals surface area (Å²) in [4.78, 5) is 25.1. The van der Waals surface area contributed by atoms with Crippen molar-refractivity contribution in [3.8, 4) is 11.3 Å². The van der Waals surface area contributed by atoms with Crippen molar-refractivity contribution >= 4 is 74.9 Å². The van der Waals surface area contributed by atoms with Gasteiger partial charge in [0.15, 0.2) is 4.32 Å². The molecule has 1 aliphatic heterocycles. The Labute approximate surface area is 190 Å². The predicted octanol–water partition coefficient (Wildman–Crippen LogP) is 6.57. The zero-order chi connectivity index (χ0) is 21.4. The molecule has 1 aliphatic rings. The normalized spacial score (nSPS) is 15.3. The lowest BCUT2D eigenvalue weighted by Crippen LogP contribution is -2.27. The molecule has 0 radical (unpaired) electrons. The number of nitro benzene ring substituents is 1. The Balaban J connectivity index is 1.64. The lowest BCUT2D eigenvalue weighted by molar-refractivity contribution is -0.384. The van der Waals surface area contributed by atoms with Gasteiger partial charge in [0.2, 0.25) is 0 Å². The van der Waals surface area contributed by atoms with Gasteiger partial charge in [0, 0.05) is 28.8 Å². The Kier molecular flexibility index (Phi) is 5.66. The van der Waals surface area contributed by atoms with E-state index in [0.717, 1.165) is 11.8 Å². The van der Waals surface area contributed by atoms with Crippen LogP contribution in [0.4, 0.5) is 11.4 Å². The number of halogens is 2. The van der Waals surface area contributed by atoms with Crippen LogP contribution in [0.5, 0.6) is 0 Å². The van der Waals surface area contributed by atoms with Crippen LogP contribution in [0.25, 0.3) is 17.4 Å². The third kappa shape index (κ3) is 3.99. The number of hydrogen-bond acceptors (Lipinski definition) is 6. The van der Waals surface area contributed by atoms with Crippen LogP contribution in [0.2, 0.25) is 10.0 Å². The molecule has 1 saturated heterocycles. The van der Waals surface area contributed by atoms with Crippen LogP contribution >= 0.6 is 47.2 Å². The summed E-state index contributed by atoms with van der Waals surface area (Å²) in [5.74, 6) is 0.443. The van der Waals surface area contributed by atoms with Gasteiger partial charge in [0.25, 0.3) is 11.6 Å². The van der Waals surface area contributed by atoms with E-state index in [9.17, 15) is 14.9 Å². The second kappa shape index (κ2) is 8.23. The first-order chi connectivity index (χ1) is 14.3. The van der Waals surface area contributed by atoms with E-state index in [0.29, 0.717) is 42.0 Å². The fourth-order valence-electron chi connectivity index (χ4n) is 2.83. The summed E-state index contributed by atoms with van der Waals surface area (Å²) >= 11 is 18.7. The van der Waals surface area contributed by atoms with Gasteiger partial charge in [-0.25, -0.2) is 0 Å². The van der Waals surface area contributed by atoms with Crippen molar-refractivity contribution < 1.29 is 14.1 Å². The standard InChI is InChI=1S/C20H10Cl2N2O4S2/c21-11-2-1-3-12(8-11)23-19(25)18(30-20(23)29)10-14-5-7-17(28-14)15-9-13(24(26)27)4-6-16(15)22/h1-10H. The molecule has 6 nitrogen and oxygen atoms in total. The number of nitrogens with zero attached hydrogens (tertiary/aromatic N) is 2. The molecule has 1 fully saturated rings. The highest BCUT2D eigenvalue weighted by Gasteiger charge is 2.33. The third-order valence-electron chi connectivity index (χ3n) is 4.19. The minimum Gasteiger partial charge on any atom is -0.457 e. The zero-order valence-electron chi connectivity index (χ0n) is 14.9. The number of anilines is 1. The van der Waals surface area contributed by atoms with Gasteiger partial charge in [-0.15, -0.1) is 0 Å². The summed E-state index contributed by atoms with van der Waals surface area (Å²) in [5, 5.41) is 11.8. The lowest BCUT2D eigenvalue weighted by Gasteiger charge is -2.14. The van der Waals surface area contributed by atoms with Gasteiger partial charge in [-0.1, -0.05) is 53.2 Å². The van der Waals surface area contributed by atoms with Crippen LogP contribution in [-0.2, 0) is 4.79 Å². The number of rotatable bonds is 4. The molecule has 0 aliphatic carbocycles. The molecule has 30 heavy (non-hydrogen) atoms. The molecule has 2 heterocycles. The van der Waals surface area contributed by atoms with E-state index in [-0.39, 0.29) is 11.6 Å². The van der Waals surface area contributed by atoms with Crippen LogP contribution in [-0.4, -0.2) is 15.2 Å². The third-order valence-corrected chi connectivity index (χ3v) is 6.05. The van der Waals surface area contributed by atoms with E-state index in [1.807, 2.05) is 0 Å². The fraction of sp³-hybridized carbons (Fsp3) is 0. The zero-order valence-corrected chi connectivity index (χ0v) is 18.0. The summed E-state index contributed by atoms with van der Waals surface area (Å²) in [7, 11) is 0. The number of benzene rings is 2. The maximum atomic E-state index is 12.9. The quantitative estimate of drug-likeness (QED) is 0.183. The highest BCUT2D eigenvalue weighted by molar-refractivity contribution is 8.27. The number of furan rings is 1. The van der Waals surface area contributed by atoms with Crippen LogP contribution in [0.3, 0.4) is 0 Å². The largest absolute Gasteiger partial charge is 0.457 e. The van der Waals surface area contributed by atoms with E-state index in [4.69, 9.17) is 39.8 Å². The summed E-state index contributed by atoms with van der Waals surface area (Å²) < 4.78 is 6.14. The summed E-state index contributed by atoms with van der Waals surface area (Å²) in [6, 6.07) is 14.2. The van der Waals surface area contributed by atoms with E-state index < -0.39 is 4.92 Å². The van der Waals surface area contributed by atoms with E-state index in [1.54, 1.807) is 42.5 Å². The van der Waals surface area contributed by atoms with E-state index >= 15 is 0 Å². The Morgan fingerprint density at radius 1 is 1.13 bits per heavy atom. The van der Waals surface area contributed by atoms with Gasteiger partial charge in [0.05, 0.1) is 20.5 Å². The van der Waals surface area contributed by atoms with Gasteiger partial charge in [-0.05, 0) is 36.4 Å². The molecule has 0 bridgehead atoms. The molecule has 3 aromatic rings. The summed E-state index contributed by atoms with van der Waals surface area (Å²) in [6.07, 6.45) is 1.57. The monoisotopic (exact) mass is 476 g/mol. The summed E-state index contributed by atoms with van der Waals surface area (Å²) in [5.41, 5.74) is 0.864. The van der Waals surface area contributed by atoms with Crippen LogP contribution in [0.1, 0.15) is 5.76 Å². The van der Waals surface area contributed by atoms with Crippen molar-refractivity contribution in [1.82, 2.24) is 0 Å². The van der Waals surface area contributed by atoms with Crippen molar-refractivity contribution in [2.75, 3.05) is 4.90 Å². The van der Waals surface area contributed by atoms with E-state index in [2.05, 4.69) is 0 Å².